The molecule has 0 spiro atoms. The Balaban J connectivity index is 2.14. The molecule has 0 bridgehead atoms. The van der Waals surface area contributed by atoms with E-state index in [-0.39, 0.29) is 6.04 Å². The zero-order valence-corrected chi connectivity index (χ0v) is 10.6. The van der Waals surface area contributed by atoms with E-state index in [0.29, 0.717) is 12.2 Å². The van der Waals surface area contributed by atoms with E-state index in [4.69, 9.17) is 17.3 Å². The molecule has 0 aliphatic heterocycles. The third-order valence-electron chi connectivity index (χ3n) is 2.21. The van der Waals surface area contributed by atoms with Crippen LogP contribution in [-0.2, 0) is 13.5 Å². The number of nitrogens with zero attached hydrogens (tertiary/aromatic N) is 4. The van der Waals surface area contributed by atoms with Crippen LogP contribution >= 0.6 is 22.9 Å². The molecule has 2 N–H and O–H groups in total. The summed E-state index contributed by atoms with van der Waals surface area (Å²) in [5.41, 5.74) is 7.12. The second-order valence-corrected chi connectivity index (χ2v) is 4.89. The average molecular weight is 258 g/mol. The first-order valence-electron chi connectivity index (χ1n) is 4.80. The van der Waals surface area contributed by atoms with Crippen LogP contribution in [0, 0.1) is 6.92 Å². The number of thiophene rings is 1. The molecular formula is C9H12ClN5S. The van der Waals surface area contributed by atoms with Crippen molar-refractivity contribution in [1.29, 1.82) is 0 Å². The second kappa shape index (κ2) is 4.48. The molecule has 16 heavy (non-hydrogen) atoms. The maximum atomic E-state index is 6.14. The molecule has 5 nitrogen and oxygen atoms in total. The number of aryl methyl sites for hydroxylation is 2. The minimum absolute atomic E-state index is 0.171. The fourth-order valence-corrected chi connectivity index (χ4v) is 2.73. The summed E-state index contributed by atoms with van der Waals surface area (Å²) in [6.07, 6.45) is 0.549. The number of rotatable bonds is 3. The van der Waals surface area contributed by atoms with E-state index in [1.807, 2.05) is 12.3 Å². The Kier molecular flexibility index (Phi) is 3.22. The highest BCUT2D eigenvalue weighted by Crippen LogP contribution is 2.32. The Morgan fingerprint density at radius 2 is 2.38 bits per heavy atom. The van der Waals surface area contributed by atoms with E-state index < -0.39 is 0 Å². The summed E-state index contributed by atoms with van der Waals surface area (Å²) < 4.78 is 0. The van der Waals surface area contributed by atoms with Crippen LogP contribution in [0.1, 0.15) is 22.3 Å². The number of hydrogen-bond acceptors (Lipinski definition) is 5. The van der Waals surface area contributed by atoms with E-state index >= 15 is 0 Å². The molecule has 2 aromatic rings. The smallest absolute Gasteiger partial charge is 0.176 e. The molecule has 7 heteroatoms. The Bertz CT molecular complexity index is 492. The minimum atomic E-state index is -0.171. The Morgan fingerprint density at radius 1 is 1.62 bits per heavy atom. The van der Waals surface area contributed by atoms with Crippen LogP contribution in [-0.4, -0.2) is 20.2 Å². The summed E-state index contributed by atoms with van der Waals surface area (Å²) in [5, 5.41) is 14.5. The van der Waals surface area contributed by atoms with Crippen molar-refractivity contribution in [2.75, 3.05) is 0 Å². The largest absolute Gasteiger partial charge is 0.323 e. The SMILES string of the molecule is Cc1csc(C(N)Cc2nnn(C)n2)c1Cl. The molecule has 2 aromatic heterocycles. The monoisotopic (exact) mass is 257 g/mol. The predicted molar refractivity (Wildman–Crippen MR) is 63.5 cm³/mol. The van der Waals surface area contributed by atoms with E-state index in [2.05, 4.69) is 15.4 Å². The first-order chi connectivity index (χ1) is 7.58. The van der Waals surface area contributed by atoms with Gasteiger partial charge in [-0.15, -0.1) is 21.5 Å². The molecular weight excluding hydrogens is 246 g/mol. The van der Waals surface area contributed by atoms with E-state index in [0.717, 1.165) is 15.5 Å². The van der Waals surface area contributed by atoms with Gasteiger partial charge in [-0.25, -0.2) is 0 Å². The lowest BCUT2D eigenvalue weighted by Gasteiger charge is -2.07. The van der Waals surface area contributed by atoms with Gasteiger partial charge in [0.25, 0.3) is 0 Å². The summed E-state index contributed by atoms with van der Waals surface area (Å²) in [7, 11) is 1.73. The lowest BCUT2D eigenvalue weighted by Crippen LogP contribution is -2.13. The molecule has 0 radical (unpaired) electrons. The van der Waals surface area contributed by atoms with Crippen molar-refractivity contribution in [3.05, 3.63) is 26.7 Å². The van der Waals surface area contributed by atoms with Crippen LogP contribution in [0.15, 0.2) is 5.38 Å². The zero-order chi connectivity index (χ0) is 11.7. The van der Waals surface area contributed by atoms with Gasteiger partial charge in [0, 0.05) is 17.3 Å². The number of halogens is 1. The van der Waals surface area contributed by atoms with Gasteiger partial charge in [-0.05, 0) is 23.1 Å². The maximum absolute atomic E-state index is 6.14. The lowest BCUT2D eigenvalue weighted by molar-refractivity contribution is 0.623. The van der Waals surface area contributed by atoms with Crippen molar-refractivity contribution in [2.24, 2.45) is 12.8 Å². The number of aromatic nitrogens is 4. The number of nitrogens with two attached hydrogens (primary N) is 1. The number of hydrogen-bond donors (Lipinski definition) is 1. The third-order valence-corrected chi connectivity index (χ3v) is 4.06. The van der Waals surface area contributed by atoms with Gasteiger partial charge in [0.15, 0.2) is 5.82 Å². The molecule has 0 saturated carbocycles. The fourth-order valence-electron chi connectivity index (χ4n) is 1.39. The minimum Gasteiger partial charge on any atom is -0.323 e. The van der Waals surface area contributed by atoms with Gasteiger partial charge >= 0.3 is 0 Å². The van der Waals surface area contributed by atoms with Gasteiger partial charge in [0.1, 0.15) is 0 Å². The van der Waals surface area contributed by atoms with Crippen molar-refractivity contribution in [3.8, 4) is 0 Å². The first-order valence-corrected chi connectivity index (χ1v) is 6.05. The standard InChI is InChI=1S/C9H12ClN5S/c1-5-4-16-9(8(5)10)6(11)3-7-12-14-15(2)13-7/h4,6H,3,11H2,1-2H3. The molecule has 1 unspecified atom stereocenters. The highest BCUT2D eigenvalue weighted by Gasteiger charge is 2.16. The van der Waals surface area contributed by atoms with Crippen molar-refractivity contribution in [3.63, 3.8) is 0 Å². The molecule has 0 aliphatic carbocycles. The van der Waals surface area contributed by atoms with Gasteiger partial charge in [-0.3, -0.25) is 0 Å². The van der Waals surface area contributed by atoms with Crippen LogP contribution in [0.3, 0.4) is 0 Å². The summed E-state index contributed by atoms with van der Waals surface area (Å²) in [5.74, 6) is 0.636. The molecule has 0 aliphatic rings. The fraction of sp³-hybridized carbons (Fsp3) is 0.444. The van der Waals surface area contributed by atoms with E-state index in [1.54, 1.807) is 18.4 Å². The Labute approximate surface area is 102 Å². The molecule has 86 valence electrons. The normalized spacial score (nSPS) is 13.0. The van der Waals surface area contributed by atoms with Gasteiger partial charge in [-0.2, -0.15) is 4.80 Å². The summed E-state index contributed by atoms with van der Waals surface area (Å²) >= 11 is 7.71. The third kappa shape index (κ3) is 2.23. The van der Waals surface area contributed by atoms with Crippen molar-refractivity contribution < 1.29 is 0 Å². The molecule has 0 fully saturated rings. The molecule has 0 aromatic carbocycles. The van der Waals surface area contributed by atoms with Crippen molar-refractivity contribution >= 4 is 22.9 Å². The Morgan fingerprint density at radius 3 is 2.88 bits per heavy atom. The van der Waals surface area contributed by atoms with Crippen LogP contribution in [0.25, 0.3) is 0 Å². The maximum Gasteiger partial charge on any atom is 0.176 e. The molecule has 0 amide bonds. The first kappa shape index (κ1) is 11.5. The van der Waals surface area contributed by atoms with Crippen LogP contribution < -0.4 is 5.73 Å². The summed E-state index contributed by atoms with van der Waals surface area (Å²) in [6, 6.07) is -0.171. The molecule has 0 saturated heterocycles. The molecule has 2 heterocycles. The Hall–Kier alpha value is -0.980. The quantitative estimate of drug-likeness (QED) is 0.904. The zero-order valence-electron chi connectivity index (χ0n) is 9.01. The lowest BCUT2D eigenvalue weighted by atomic mass is 10.1. The molecule has 2 rings (SSSR count). The van der Waals surface area contributed by atoms with Crippen LogP contribution in [0.4, 0.5) is 0 Å². The van der Waals surface area contributed by atoms with Gasteiger partial charge in [0.2, 0.25) is 0 Å². The van der Waals surface area contributed by atoms with Crippen LogP contribution in [0.5, 0.6) is 0 Å². The predicted octanol–water partition coefficient (Wildman–Crippen LogP) is 1.48. The van der Waals surface area contributed by atoms with E-state index in [1.165, 1.54) is 4.80 Å². The van der Waals surface area contributed by atoms with Crippen molar-refractivity contribution in [1.82, 2.24) is 20.2 Å². The van der Waals surface area contributed by atoms with Gasteiger partial charge in [-0.1, -0.05) is 11.6 Å². The van der Waals surface area contributed by atoms with Crippen molar-refractivity contribution in [2.45, 2.75) is 19.4 Å². The van der Waals surface area contributed by atoms with E-state index in [9.17, 15) is 0 Å². The van der Waals surface area contributed by atoms with Gasteiger partial charge < -0.3 is 5.73 Å². The summed E-state index contributed by atoms with van der Waals surface area (Å²) in [4.78, 5) is 2.40. The number of tetrazole rings is 1. The average Bonchev–Trinajstić information content (AvgIpc) is 2.76. The molecule has 1 atom stereocenters. The summed E-state index contributed by atoms with van der Waals surface area (Å²) in [6.45, 7) is 1.97. The second-order valence-electron chi connectivity index (χ2n) is 3.60. The highest BCUT2D eigenvalue weighted by molar-refractivity contribution is 7.10. The highest BCUT2D eigenvalue weighted by atomic mass is 35.5. The van der Waals surface area contributed by atoms with Crippen LogP contribution in [0.2, 0.25) is 5.02 Å². The topological polar surface area (TPSA) is 69.6 Å². The van der Waals surface area contributed by atoms with Gasteiger partial charge in [0.05, 0.1) is 12.1 Å².